The SMILES string of the molecule is c1ccc2sc(N3CCC[C@@H]3Cn3cncn3)nc2c1. The first-order valence-corrected chi connectivity index (χ1v) is 7.66. The molecule has 20 heavy (non-hydrogen) atoms. The molecule has 1 saturated heterocycles. The Morgan fingerprint density at radius 1 is 1.30 bits per heavy atom. The highest BCUT2D eigenvalue weighted by Crippen LogP contribution is 2.33. The highest BCUT2D eigenvalue weighted by atomic mass is 32.1. The van der Waals surface area contributed by atoms with Gasteiger partial charge in [-0.3, -0.25) is 4.68 Å². The van der Waals surface area contributed by atoms with Gasteiger partial charge in [-0.05, 0) is 25.0 Å². The van der Waals surface area contributed by atoms with E-state index in [4.69, 9.17) is 4.98 Å². The molecule has 4 rings (SSSR count). The van der Waals surface area contributed by atoms with Gasteiger partial charge in [-0.25, -0.2) is 9.97 Å². The molecule has 3 heterocycles. The fourth-order valence-corrected chi connectivity index (χ4v) is 3.87. The van der Waals surface area contributed by atoms with Gasteiger partial charge >= 0.3 is 0 Å². The van der Waals surface area contributed by atoms with Crippen LogP contribution in [0, 0.1) is 0 Å². The molecular formula is C14H15N5S. The lowest BCUT2D eigenvalue weighted by molar-refractivity contribution is 0.508. The molecule has 1 aliphatic rings. The lowest BCUT2D eigenvalue weighted by Gasteiger charge is -2.23. The number of rotatable bonds is 3. The van der Waals surface area contributed by atoms with Gasteiger partial charge in [-0.15, -0.1) is 0 Å². The predicted octanol–water partition coefficient (Wildman–Crippen LogP) is 2.56. The molecular weight excluding hydrogens is 270 g/mol. The molecule has 0 saturated carbocycles. The standard InChI is InChI=1S/C14H15N5S/c1-2-6-13-12(5-1)17-14(20-13)19-7-3-4-11(19)8-18-10-15-9-16-18/h1-2,5-6,9-11H,3-4,7-8H2/t11-/m1/s1. The van der Waals surface area contributed by atoms with E-state index in [0.717, 1.165) is 23.7 Å². The second-order valence-electron chi connectivity index (χ2n) is 5.07. The number of para-hydroxylation sites is 1. The van der Waals surface area contributed by atoms with Gasteiger partial charge in [0.1, 0.15) is 12.7 Å². The summed E-state index contributed by atoms with van der Waals surface area (Å²) in [6.45, 7) is 1.97. The number of anilines is 1. The van der Waals surface area contributed by atoms with E-state index in [2.05, 4.69) is 33.2 Å². The maximum atomic E-state index is 4.77. The van der Waals surface area contributed by atoms with Crippen molar-refractivity contribution in [3.05, 3.63) is 36.9 Å². The molecule has 1 atom stereocenters. The molecule has 6 heteroatoms. The van der Waals surface area contributed by atoms with Crippen LogP contribution in [0.25, 0.3) is 10.2 Å². The molecule has 1 aliphatic heterocycles. The maximum Gasteiger partial charge on any atom is 0.186 e. The van der Waals surface area contributed by atoms with Crippen molar-refractivity contribution in [3.8, 4) is 0 Å². The summed E-state index contributed by atoms with van der Waals surface area (Å²) in [5.41, 5.74) is 1.10. The first-order valence-electron chi connectivity index (χ1n) is 6.85. The molecule has 0 radical (unpaired) electrons. The van der Waals surface area contributed by atoms with Gasteiger partial charge in [0, 0.05) is 6.54 Å². The lowest BCUT2D eigenvalue weighted by Crippen LogP contribution is -2.33. The van der Waals surface area contributed by atoms with Crippen molar-refractivity contribution in [2.24, 2.45) is 0 Å². The second kappa shape index (κ2) is 4.86. The Hall–Kier alpha value is -1.95. The normalized spacial score (nSPS) is 19.0. The third kappa shape index (κ3) is 2.06. The van der Waals surface area contributed by atoms with Crippen LogP contribution < -0.4 is 4.90 Å². The van der Waals surface area contributed by atoms with Gasteiger partial charge in [0.25, 0.3) is 0 Å². The Morgan fingerprint density at radius 3 is 3.10 bits per heavy atom. The van der Waals surface area contributed by atoms with E-state index in [1.54, 1.807) is 24.0 Å². The number of aromatic nitrogens is 4. The summed E-state index contributed by atoms with van der Waals surface area (Å²) in [5.74, 6) is 0. The van der Waals surface area contributed by atoms with Crippen LogP contribution in [0.15, 0.2) is 36.9 Å². The number of nitrogens with zero attached hydrogens (tertiary/aromatic N) is 5. The van der Waals surface area contributed by atoms with Crippen molar-refractivity contribution in [2.45, 2.75) is 25.4 Å². The minimum atomic E-state index is 0.470. The van der Waals surface area contributed by atoms with Crippen molar-refractivity contribution in [2.75, 3.05) is 11.4 Å². The molecule has 5 nitrogen and oxygen atoms in total. The summed E-state index contributed by atoms with van der Waals surface area (Å²) >= 11 is 1.78. The average Bonchev–Trinajstić information content (AvgIpc) is 3.18. The summed E-state index contributed by atoms with van der Waals surface area (Å²) < 4.78 is 3.17. The van der Waals surface area contributed by atoms with Gasteiger partial charge < -0.3 is 4.90 Å². The number of hydrogen-bond acceptors (Lipinski definition) is 5. The number of fused-ring (bicyclic) bond motifs is 1. The Bertz CT molecular complexity index is 672. The predicted molar refractivity (Wildman–Crippen MR) is 80.0 cm³/mol. The van der Waals surface area contributed by atoms with E-state index in [0.29, 0.717) is 6.04 Å². The molecule has 102 valence electrons. The van der Waals surface area contributed by atoms with Crippen LogP contribution in [0.1, 0.15) is 12.8 Å². The number of hydrogen-bond donors (Lipinski definition) is 0. The summed E-state index contributed by atoms with van der Waals surface area (Å²) in [5, 5.41) is 5.35. The molecule has 0 unspecified atom stereocenters. The average molecular weight is 285 g/mol. The van der Waals surface area contributed by atoms with Crippen LogP contribution in [0.3, 0.4) is 0 Å². The van der Waals surface area contributed by atoms with Gasteiger partial charge in [0.05, 0.1) is 22.8 Å². The Morgan fingerprint density at radius 2 is 2.25 bits per heavy atom. The minimum absolute atomic E-state index is 0.470. The van der Waals surface area contributed by atoms with E-state index in [1.165, 1.54) is 17.5 Å². The fourth-order valence-electron chi connectivity index (χ4n) is 2.80. The Balaban J connectivity index is 1.62. The quantitative estimate of drug-likeness (QED) is 0.742. The zero-order valence-electron chi connectivity index (χ0n) is 11.0. The Kier molecular flexibility index (Phi) is 2.88. The highest BCUT2D eigenvalue weighted by molar-refractivity contribution is 7.22. The van der Waals surface area contributed by atoms with Crippen LogP contribution in [0.2, 0.25) is 0 Å². The van der Waals surface area contributed by atoms with Crippen LogP contribution in [0.4, 0.5) is 5.13 Å². The first kappa shape index (κ1) is 11.8. The molecule has 0 N–H and O–H groups in total. The molecule has 0 amide bonds. The van der Waals surface area contributed by atoms with Crippen LogP contribution in [0.5, 0.6) is 0 Å². The molecule has 1 fully saturated rings. The van der Waals surface area contributed by atoms with E-state index in [-0.39, 0.29) is 0 Å². The largest absolute Gasteiger partial charge is 0.343 e. The number of thiazole rings is 1. The summed E-state index contributed by atoms with van der Waals surface area (Å²) in [6.07, 6.45) is 5.79. The van der Waals surface area contributed by atoms with Crippen LogP contribution in [-0.2, 0) is 6.54 Å². The summed E-state index contributed by atoms with van der Waals surface area (Å²) in [7, 11) is 0. The topological polar surface area (TPSA) is 46.8 Å². The monoisotopic (exact) mass is 285 g/mol. The molecule has 0 bridgehead atoms. The molecule has 1 aromatic carbocycles. The second-order valence-corrected chi connectivity index (χ2v) is 6.08. The van der Waals surface area contributed by atoms with E-state index >= 15 is 0 Å². The van der Waals surface area contributed by atoms with E-state index in [1.807, 2.05) is 10.7 Å². The van der Waals surface area contributed by atoms with E-state index < -0.39 is 0 Å². The Labute approximate surface area is 120 Å². The maximum absolute atomic E-state index is 4.77. The molecule has 0 aliphatic carbocycles. The third-order valence-electron chi connectivity index (χ3n) is 3.77. The van der Waals surface area contributed by atoms with Gasteiger partial charge in [0.2, 0.25) is 0 Å². The lowest BCUT2D eigenvalue weighted by atomic mass is 10.2. The minimum Gasteiger partial charge on any atom is -0.343 e. The van der Waals surface area contributed by atoms with Crippen molar-refractivity contribution < 1.29 is 0 Å². The molecule has 2 aromatic heterocycles. The zero-order chi connectivity index (χ0) is 13.4. The third-order valence-corrected chi connectivity index (χ3v) is 4.84. The van der Waals surface area contributed by atoms with Crippen molar-refractivity contribution >= 4 is 26.7 Å². The van der Waals surface area contributed by atoms with Crippen LogP contribution >= 0.6 is 11.3 Å². The zero-order valence-corrected chi connectivity index (χ0v) is 11.8. The number of benzene rings is 1. The summed E-state index contributed by atoms with van der Waals surface area (Å²) in [4.78, 5) is 11.2. The van der Waals surface area contributed by atoms with Gasteiger partial charge in [-0.2, -0.15) is 5.10 Å². The molecule has 3 aromatic rings. The smallest absolute Gasteiger partial charge is 0.186 e. The highest BCUT2D eigenvalue weighted by Gasteiger charge is 2.27. The van der Waals surface area contributed by atoms with Crippen molar-refractivity contribution in [1.82, 2.24) is 19.7 Å². The van der Waals surface area contributed by atoms with Gasteiger partial charge in [-0.1, -0.05) is 23.5 Å². The fraction of sp³-hybridized carbons (Fsp3) is 0.357. The van der Waals surface area contributed by atoms with Crippen molar-refractivity contribution in [3.63, 3.8) is 0 Å². The summed E-state index contributed by atoms with van der Waals surface area (Å²) in [6, 6.07) is 8.80. The van der Waals surface area contributed by atoms with Crippen molar-refractivity contribution in [1.29, 1.82) is 0 Å². The van der Waals surface area contributed by atoms with Crippen LogP contribution in [-0.4, -0.2) is 32.3 Å². The van der Waals surface area contributed by atoms with E-state index in [9.17, 15) is 0 Å². The van der Waals surface area contributed by atoms with Gasteiger partial charge in [0.15, 0.2) is 5.13 Å². The first-order chi connectivity index (χ1) is 9.90. The molecule has 0 spiro atoms.